The number of rotatable bonds is 2. The van der Waals surface area contributed by atoms with Crippen molar-refractivity contribution in [3.8, 4) is 10.7 Å². The summed E-state index contributed by atoms with van der Waals surface area (Å²) in [4.78, 5) is 1.81. The Balaban J connectivity index is 1.58. The van der Waals surface area contributed by atoms with Gasteiger partial charge in [-0.15, -0.1) is 20.4 Å². The van der Waals surface area contributed by atoms with Crippen LogP contribution < -0.4 is 4.90 Å². The van der Waals surface area contributed by atoms with Gasteiger partial charge in [-0.2, -0.15) is 13.2 Å². The summed E-state index contributed by atoms with van der Waals surface area (Å²) < 4.78 is 44.3. The van der Waals surface area contributed by atoms with E-state index in [2.05, 4.69) is 25.6 Å². The molecule has 1 aliphatic heterocycles. The summed E-state index contributed by atoms with van der Waals surface area (Å²) in [5.41, 5.74) is 0.563. The maximum Gasteiger partial charge on any atom is 0.451 e. The van der Waals surface area contributed by atoms with Crippen LogP contribution >= 0.6 is 11.3 Å². The molecule has 120 valence electrons. The molecule has 1 aliphatic rings. The molecule has 0 aromatic carbocycles. The summed E-state index contributed by atoms with van der Waals surface area (Å²) in [7, 11) is 0. The molecule has 0 atom stereocenters. The highest BCUT2D eigenvalue weighted by atomic mass is 32.1. The van der Waals surface area contributed by atoms with Crippen LogP contribution in [0.2, 0.25) is 0 Å². The summed E-state index contributed by atoms with van der Waals surface area (Å²) in [6.07, 6.45) is -3.07. The lowest BCUT2D eigenvalue weighted by Crippen LogP contribution is -2.35. The molecule has 0 radical (unpaired) electrons. The number of anilines is 1. The minimum Gasteiger partial charge on any atom is -0.364 e. The predicted molar refractivity (Wildman–Crippen MR) is 71.5 cm³/mol. The summed E-state index contributed by atoms with van der Waals surface area (Å²) in [5.74, 6) is -0.713. The number of nitrogens with zero attached hydrogens (tertiary/aromatic N) is 7. The Hall–Kier alpha value is -2.50. The number of alkyl halides is 3. The van der Waals surface area contributed by atoms with E-state index in [1.165, 1.54) is 17.6 Å². The summed E-state index contributed by atoms with van der Waals surface area (Å²) in [5, 5.41) is 19.9. The number of halogens is 3. The van der Waals surface area contributed by atoms with Crippen LogP contribution in [0.3, 0.4) is 0 Å². The minimum absolute atomic E-state index is 0.135. The van der Waals surface area contributed by atoms with E-state index in [1.807, 2.05) is 4.90 Å². The summed E-state index contributed by atoms with van der Waals surface area (Å²) in [6.45, 7) is 0.689. The van der Waals surface area contributed by atoms with Gasteiger partial charge in [0, 0.05) is 19.2 Å². The lowest BCUT2D eigenvalue weighted by Gasteiger charge is -2.27. The number of hydrogen-bond acceptors (Lipinski definition) is 8. The van der Waals surface area contributed by atoms with Crippen LogP contribution in [-0.2, 0) is 19.3 Å². The highest BCUT2D eigenvalue weighted by Gasteiger charge is 2.39. The van der Waals surface area contributed by atoms with Gasteiger partial charge in [0.15, 0.2) is 10.8 Å². The van der Waals surface area contributed by atoms with E-state index in [1.54, 1.807) is 6.07 Å². The first-order valence-corrected chi connectivity index (χ1v) is 7.32. The maximum absolute atomic E-state index is 12.8. The summed E-state index contributed by atoms with van der Waals surface area (Å²) in [6, 6.07) is 1.66. The fourth-order valence-electron chi connectivity index (χ4n) is 2.30. The Morgan fingerprint density at radius 2 is 2.00 bits per heavy atom. The second-order valence-electron chi connectivity index (χ2n) is 4.79. The van der Waals surface area contributed by atoms with Gasteiger partial charge < -0.3 is 14.0 Å². The largest absolute Gasteiger partial charge is 0.451 e. The van der Waals surface area contributed by atoms with Crippen molar-refractivity contribution in [1.29, 1.82) is 0 Å². The molecule has 0 N–H and O–H groups in total. The third-order valence-electron chi connectivity index (χ3n) is 3.35. The Bertz CT molecular complexity index is 825. The Kier molecular flexibility index (Phi) is 3.07. The standard InChI is InChI=1S/C11H8F3N7OS/c12-11(13,14)9-17-15-7-5-20(2-3-21(7)9)10-18-16-8(23-10)6-1-4-22-19-6/h1,4H,2-3,5H2. The second kappa shape index (κ2) is 5.01. The maximum atomic E-state index is 12.8. The Morgan fingerprint density at radius 3 is 2.74 bits per heavy atom. The number of fused-ring (bicyclic) bond motifs is 1. The molecule has 23 heavy (non-hydrogen) atoms. The summed E-state index contributed by atoms with van der Waals surface area (Å²) >= 11 is 1.29. The molecule has 0 unspecified atom stereocenters. The van der Waals surface area contributed by atoms with E-state index >= 15 is 0 Å². The smallest absolute Gasteiger partial charge is 0.364 e. The van der Waals surface area contributed by atoms with Crippen LogP contribution in [0, 0.1) is 0 Å². The fraction of sp³-hybridized carbons (Fsp3) is 0.364. The lowest BCUT2D eigenvalue weighted by molar-refractivity contribution is -0.147. The molecular formula is C11H8F3N7OS. The normalized spacial score (nSPS) is 15.0. The van der Waals surface area contributed by atoms with Crippen molar-refractivity contribution in [2.45, 2.75) is 19.3 Å². The van der Waals surface area contributed by atoms with E-state index in [4.69, 9.17) is 4.52 Å². The molecule has 4 rings (SSSR count). The highest BCUT2D eigenvalue weighted by Crippen LogP contribution is 2.32. The predicted octanol–water partition coefficient (Wildman–Crippen LogP) is 1.82. The van der Waals surface area contributed by atoms with Gasteiger partial charge in [0.2, 0.25) is 11.0 Å². The van der Waals surface area contributed by atoms with Gasteiger partial charge in [-0.3, -0.25) is 0 Å². The van der Waals surface area contributed by atoms with Crippen LogP contribution in [0.5, 0.6) is 0 Å². The first-order valence-electron chi connectivity index (χ1n) is 6.51. The van der Waals surface area contributed by atoms with Crippen molar-refractivity contribution in [2.75, 3.05) is 11.4 Å². The quantitative estimate of drug-likeness (QED) is 0.701. The third kappa shape index (κ3) is 2.44. The van der Waals surface area contributed by atoms with Crippen molar-refractivity contribution in [3.63, 3.8) is 0 Å². The molecule has 3 aromatic heterocycles. The molecule has 0 saturated heterocycles. The minimum atomic E-state index is -4.50. The van der Waals surface area contributed by atoms with Crippen LogP contribution in [0.25, 0.3) is 10.7 Å². The molecule has 12 heteroatoms. The average molecular weight is 343 g/mol. The molecule has 4 heterocycles. The van der Waals surface area contributed by atoms with Crippen molar-refractivity contribution < 1.29 is 17.7 Å². The molecule has 0 amide bonds. The topological polar surface area (TPSA) is 85.8 Å². The number of hydrogen-bond donors (Lipinski definition) is 0. The molecular weight excluding hydrogens is 335 g/mol. The van der Waals surface area contributed by atoms with Gasteiger partial charge in [-0.25, -0.2) is 0 Å². The average Bonchev–Trinajstić information content (AvgIpc) is 3.24. The molecule has 0 aliphatic carbocycles. The van der Waals surface area contributed by atoms with E-state index in [-0.39, 0.29) is 18.9 Å². The molecule has 0 spiro atoms. The van der Waals surface area contributed by atoms with Crippen LogP contribution in [0.15, 0.2) is 16.9 Å². The lowest BCUT2D eigenvalue weighted by atomic mass is 10.3. The molecule has 0 bridgehead atoms. The highest BCUT2D eigenvalue weighted by molar-refractivity contribution is 7.18. The van der Waals surface area contributed by atoms with Gasteiger partial charge in [0.05, 0.1) is 6.54 Å². The molecule has 0 fully saturated rings. The van der Waals surface area contributed by atoms with Gasteiger partial charge in [-0.05, 0) is 0 Å². The Morgan fingerprint density at radius 1 is 1.13 bits per heavy atom. The zero-order valence-electron chi connectivity index (χ0n) is 11.4. The van der Waals surface area contributed by atoms with Gasteiger partial charge >= 0.3 is 6.18 Å². The van der Waals surface area contributed by atoms with Crippen molar-refractivity contribution in [2.24, 2.45) is 0 Å². The van der Waals surface area contributed by atoms with Crippen LogP contribution in [-0.4, -0.2) is 36.7 Å². The van der Waals surface area contributed by atoms with Crippen LogP contribution in [0.1, 0.15) is 11.6 Å². The van der Waals surface area contributed by atoms with E-state index in [0.29, 0.717) is 22.4 Å². The van der Waals surface area contributed by atoms with Crippen molar-refractivity contribution in [1.82, 2.24) is 30.1 Å². The molecule has 3 aromatic rings. The second-order valence-corrected chi connectivity index (χ2v) is 5.74. The van der Waals surface area contributed by atoms with E-state index in [0.717, 1.165) is 4.57 Å². The van der Waals surface area contributed by atoms with E-state index in [9.17, 15) is 13.2 Å². The third-order valence-corrected chi connectivity index (χ3v) is 4.36. The fourth-order valence-corrected chi connectivity index (χ4v) is 3.13. The van der Waals surface area contributed by atoms with Gasteiger partial charge in [0.1, 0.15) is 12.0 Å². The van der Waals surface area contributed by atoms with E-state index < -0.39 is 12.0 Å². The van der Waals surface area contributed by atoms with Gasteiger partial charge in [0.25, 0.3) is 0 Å². The zero-order chi connectivity index (χ0) is 16.0. The first-order chi connectivity index (χ1) is 11.0. The van der Waals surface area contributed by atoms with Crippen molar-refractivity contribution in [3.05, 3.63) is 24.0 Å². The zero-order valence-corrected chi connectivity index (χ0v) is 12.2. The van der Waals surface area contributed by atoms with Crippen LogP contribution in [0.4, 0.5) is 18.3 Å². The monoisotopic (exact) mass is 343 g/mol. The first kappa shape index (κ1) is 14.1. The number of aromatic nitrogens is 6. The molecule has 0 saturated carbocycles. The van der Waals surface area contributed by atoms with Crippen molar-refractivity contribution >= 4 is 16.5 Å². The SMILES string of the molecule is FC(F)(F)c1nnc2n1CCN(c1nnc(-c3ccon3)s1)C2. The molecule has 8 nitrogen and oxygen atoms in total. The van der Waals surface area contributed by atoms with Gasteiger partial charge in [-0.1, -0.05) is 16.5 Å². The Labute approximate surface area is 130 Å².